The number of benzene rings is 1. The van der Waals surface area contributed by atoms with Gasteiger partial charge in [0.1, 0.15) is 12.0 Å². The predicted molar refractivity (Wildman–Crippen MR) is 69.8 cm³/mol. The molecule has 2 aromatic rings. The maximum Gasteiger partial charge on any atom is 0.258 e. The fraction of sp³-hybridized carbons (Fsp3) is 0.286. The minimum Gasteiger partial charge on any atom is -0.484 e. The summed E-state index contributed by atoms with van der Waals surface area (Å²) in [5.41, 5.74) is 1.79. The molecule has 5 nitrogen and oxygen atoms in total. The Hall–Kier alpha value is -2.30. The van der Waals surface area contributed by atoms with E-state index in [4.69, 9.17) is 9.15 Å². The van der Waals surface area contributed by atoms with E-state index in [-0.39, 0.29) is 12.5 Å². The molecule has 1 aromatic heterocycles. The zero-order chi connectivity index (χ0) is 13.7. The highest BCUT2D eigenvalue weighted by molar-refractivity contribution is 5.77. The summed E-state index contributed by atoms with van der Waals surface area (Å²) in [6.07, 6.45) is 1.52. The number of aromatic nitrogens is 1. The maximum atomic E-state index is 11.6. The van der Waals surface area contributed by atoms with Crippen LogP contribution >= 0.6 is 0 Å². The lowest BCUT2D eigenvalue weighted by Gasteiger charge is -2.06. The third-order valence-corrected chi connectivity index (χ3v) is 2.49. The van der Waals surface area contributed by atoms with Crippen molar-refractivity contribution in [3.8, 4) is 5.75 Å². The molecule has 0 bridgehead atoms. The van der Waals surface area contributed by atoms with Crippen LogP contribution in [-0.2, 0) is 11.3 Å². The minimum atomic E-state index is -0.192. The Bertz CT molecular complexity index is 563. The van der Waals surface area contributed by atoms with Crippen LogP contribution in [0.4, 0.5) is 0 Å². The Labute approximate surface area is 111 Å². The molecule has 0 aliphatic carbocycles. The monoisotopic (exact) mass is 260 g/mol. The van der Waals surface area contributed by atoms with Gasteiger partial charge >= 0.3 is 0 Å². The van der Waals surface area contributed by atoms with Crippen molar-refractivity contribution in [1.82, 2.24) is 10.3 Å². The van der Waals surface area contributed by atoms with Crippen molar-refractivity contribution in [2.24, 2.45) is 0 Å². The molecule has 0 spiro atoms. The molecule has 0 saturated carbocycles. The lowest BCUT2D eigenvalue weighted by molar-refractivity contribution is -0.123. The first kappa shape index (κ1) is 13.1. The Morgan fingerprint density at radius 1 is 1.42 bits per heavy atom. The molecule has 1 heterocycles. The third kappa shape index (κ3) is 4.13. The molecule has 100 valence electrons. The van der Waals surface area contributed by atoms with Gasteiger partial charge in [0.05, 0.1) is 12.2 Å². The largest absolute Gasteiger partial charge is 0.484 e. The van der Waals surface area contributed by atoms with Gasteiger partial charge in [0.25, 0.3) is 5.91 Å². The second-order valence-electron chi connectivity index (χ2n) is 4.24. The first-order valence-electron chi connectivity index (χ1n) is 6.00. The normalized spacial score (nSPS) is 10.2. The van der Waals surface area contributed by atoms with E-state index in [2.05, 4.69) is 10.3 Å². The summed E-state index contributed by atoms with van der Waals surface area (Å²) >= 11 is 0. The quantitative estimate of drug-likeness (QED) is 0.892. The SMILES string of the molecule is Cc1cccc(OCC(=O)NCc2coc(C)n2)c1. The molecule has 0 unspecified atom stereocenters. The summed E-state index contributed by atoms with van der Waals surface area (Å²) < 4.78 is 10.4. The average molecular weight is 260 g/mol. The van der Waals surface area contributed by atoms with E-state index in [9.17, 15) is 4.79 Å². The minimum absolute atomic E-state index is 0.0136. The number of hydrogen-bond acceptors (Lipinski definition) is 4. The average Bonchev–Trinajstić information content (AvgIpc) is 2.80. The Morgan fingerprint density at radius 2 is 2.26 bits per heavy atom. The summed E-state index contributed by atoms with van der Waals surface area (Å²) in [7, 11) is 0. The second-order valence-corrected chi connectivity index (χ2v) is 4.24. The molecular weight excluding hydrogens is 244 g/mol. The number of hydrogen-bond donors (Lipinski definition) is 1. The van der Waals surface area contributed by atoms with Crippen molar-refractivity contribution in [2.45, 2.75) is 20.4 Å². The van der Waals surface area contributed by atoms with E-state index in [0.29, 0.717) is 23.9 Å². The van der Waals surface area contributed by atoms with E-state index in [0.717, 1.165) is 5.56 Å². The van der Waals surface area contributed by atoms with E-state index >= 15 is 0 Å². The van der Waals surface area contributed by atoms with Crippen LogP contribution in [0.3, 0.4) is 0 Å². The van der Waals surface area contributed by atoms with Gasteiger partial charge in [-0.1, -0.05) is 12.1 Å². The highest BCUT2D eigenvalue weighted by Crippen LogP contribution is 2.11. The van der Waals surface area contributed by atoms with Gasteiger partial charge in [-0.2, -0.15) is 0 Å². The highest BCUT2D eigenvalue weighted by Gasteiger charge is 2.05. The predicted octanol–water partition coefficient (Wildman–Crippen LogP) is 1.99. The Kier molecular flexibility index (Phi) is 4.18. The van der Waals surface area contributed by atoms with Gasteiger partial charge in [0.2, 0.25) is 0 Å². The lowest BCUT2D eigenvalue weighted by atomic mass is 10.2. The standard InChI is InChI=1S/C14H16N2O3/c1-10-4-3-5-13(6-10)19-9-14(17)15-7-12-8-18-11(2)16-12/h3-6,8H,7,9H2,1-2H3,(H,15,17). The number of nitrogens with one attached hydrogen (secondary N) is 1. The van der Waals surface area contributed by atoms with Crippen LogP contribution in [0.1, 0.15) is 17.1 Å². The van der Waals surface area contributed by atoms with E-state index in [1.807, 2.05) is 31.2 Å². The number of carbonyl (C=O) groups is 1. The highest BCUT2D eigenvalue weighted by atomic mass is 16.5. The van der Waals surface area contributed by atoms with Gasteiger partial charge in [0.15, 0.2) is 12.5 Å². The van der Waals surface area contributed by atoms with E-state index in [1.54, 1.807) is 6.92 Å². The molecule has 0 radical (unpaired) electrons. The Balaban J connectivity index is 1.75. The van der Waals surface area contributed by atoms with Crippen molar-refractivity contribution in [3.05, 3.63) is 47.7 Å². The number of aryl methyl sites for hydroxylation is 2. The van der Waals surface area contributed by atoms with Gasteiger partial charge in [-0.05, 0) is 24.6 Å². The zero-order valence-corrected chi connectivity index (χ0v) is 11.0. The van der Waals surface area contributed by atoms with Crippen molar-refractivity contribution >= 4 is 5.91 Å². The first-order chi connectivity index (χ1) is 9.13. The summed E-state index contributed by atoms with van der Waals surface area (Å²) in [5.74, 6) is 1.08. The molecule has 0 atom stereocenters. The fourth-order valence-corrected chi connectivity index (χ4v) is 1.58. The molecule has 1 N–H and O–H groups in total. The molecule has 0 aliphatic rings. The number of amides is 1. The molecular formula is C14H16N2O3. The van der Waals surface area contributed by atoms with Gasteiger partial charge in [-0.3, -0.25) is 4.79 Å². The molecule has 0 aliphatic heterocycles. The first-order valence-corrected chi connectivity index (χ1v) is 6.00. The molecule has 2 rings (SSSR count). The van der Waals surface area contributed by atoms with Gasteiger partial charge in [-0.15, -0.1) is 0 Å². The zero-order valence-electron chi connectivity index (χ0n) is 11.0. The van der Waals surface area contributed by atoms with Gasteiger partial charge < -0.3 is 14.5 Å². The lowest BCUT2D eigenvalue weighted by Crippen LogP contribution is -2.28. The summed E-state index contributed by atoms with van der Waals surface area (Å²) in [6, 6.07) is 7.57. The number of rotatable bonds is 5. The van der Waals surface area contributed by atoms with Crippen molar-refractivity contribution in [1.29, 1.82) is 0 Å². The van der Waals surface area contributed by atoms with Crippen molar-refractivity contribution < 1.29 is 13.9 Å². The van der Waals surface area contributed by atoms with Crippen molar-refractivity contribution in [3.63, 3.8) is 0 Å². The van der Waals surface area contributed by atoms with E-state index in [1.165, 1.54) is 6.26 Å². The molecule has 1 amide bonds. The maximum absolute atomic E-state index is 11.6. The second kappa shape index (κ2) is 6.04. The molecule has 0 fully saturated rings. The van der Waals surface area contributed by atoms with Crippen LogP contribution in [0.15, 0.2) is 34.9 Å². The van der Waals surface area contributed by atoms with Crippen LogP contribution in [0.2, 0.25) is 0 Å². The van der Waals surface area contributed by atoms with E-state index < -0.39 is 0 Å². The van der Waals surface area contributed by atoms with Crippen LogP contribution in [0.25, 0.3) is 0 Å². The fourth-order valence-electron chi connectivity index (χ4n) is 1.58. The van der Waals surface area contributed by atoms with Crippen LogP contribution in [0.5, 0.6) is 5.75 Å². The molecule has 5 heteroatoms. The van der Waals surface area contributed by atoms with Gasteiger partial charge in [0, 0.05) is 6.92 Å². The van der Waals surface area contributed by atoms with Crippen LogP contribution < -0.4 is 10.1 Å². The Morgan fingerprint density at radius 3 is 2.95 bits per heavy atom. The molecule has 1 aromatic carbocycles. The number of nitrogens with zero attached hydrogens (tertiary/aromatic N) is 1. The van der Waals surface area contributed by atoms with Crippen molar-refractivity contribution in [2.75, 3.05) is 6.61 Å². The molecule has 19 heavy (non-hydrogen) atoms. The number of ether oxygens (including phenoxy) is 1. The third-order valence-electron chi connectivity index (χ3n) is 2.49. The summed E-state index contributed by atoms with van der Waals surface area (Å²) in [6.45, 7) is 4.06. The number of oxazole rings is 1. The smallest absolute Gasteiger partial charge is 0.258 e. The topological polar surface area (TPSA) is 64.4 Å². The van der Waals surface area contributed by atoms with Crippen LogP contribution in [-0.4, -0.2) is 17.5 Å². The number of carbonyl (C=O) groups excluding carboxylic acids is 1. The van der Waals surface area contributed by atoms with Gasteiger partial charge in [-0.25, -0.2) is 4.98 Å². The summed E-state index contributed by atoms with van der Waals surface area (Å²) in [5, 5.41) is 2.71. The summed E-state index contributed by atoms with van der Waals surface area (Å²) in [4.78, 5) is 15.7. The molecule has 0 saturated heterocycles. The van der Waals surface area contributed by atoms with Crippen LogP contribution in [0, 0.1) is 13.8 Å².